The predicted octanol–water partition coefficient (Wildman–Crippen LogP) is 1.15. The number of ether oxygens (including phenoxy) is 2. The summed E-state index contributed by atoms with van der Waals surface area (Å²) < 4.78 is 13.0. The van der Waals surface area contributed by atoms with Gasteiger partial charge in [0, 0.05) is 6.92 Å². The summed E-state index contributed by atoms with van der Waals surface area (Å²) in [5.41, 5.74) is 0.966. The van der Waals surface area contributed by atoms with Crippen molar-refractivity contribution in [1.82, 2.24) is 15.1 Å². The average Bonchev–Trinajstić information content (AvgIpc) is 3.10. The van der Waals surface area contributed by atoms with E-state index in [0.717, 1.165) is 5.69 Å². The maximum absolute atomic E-state index is 11.1. The minimum Gasteiger partial charge on any atom is -0.482 e. The van der Waals surface area contributed by atoms with Crippen molar-refractivity contribution in [3.05, 3.63) is 42.7 Å². The van der Waals surface area contributed by atoms with Gasteiger partial charge in [-0.1, -0.05) is 18.2 Å². The Bertz CT molecular complexity index is 612. The van der Waals surface area contributed by atoms with E-state index in [0.29, 0.717) is 19.0 Å². The number of carbonyl (C=O) groups is 1. The van der Waals surface area contributed by atoms with Crippen LogP contribution in [0.1, 0.15) is 6.92 Å². The molecule has 0 radical (unpaired) electrons. The first-order valence-corrected chi connectivity index (χ1v) is 6.84. The zero-order valence-corrected chi connectivity index (χ0v) is 11.7. The lowest BCUT2D eigenvalue weighted by atomic mass is 10.2. The van der Waals surface area contributed by atoms with E-state index >= 15 is 0 Å². The number of carbonyl (C=O) groups excluding carboxylic acids is 1. The molecule has 21 heavy (non-hydrogen) atoms. The van der Waals surface area contributed by atoms with Gasteiger partial charge in [-0.2, -0.15) is 5.10 Å². The highest BCUT2D eigenvalue weighted by Crippen LogP contribution is 2.18. The first-order valence-electron chi connectivity index (χ1n) is 6.84. The van der Waals surface area contributed by atoms with Crippen LogP contribution in [0.25, 0.3) is 5.69 Å². The summed E-state index contributed by atoms with van der Waals surface area (Å²) in [4.78, 5) is 11.1. The third-order valence-corrected chi connectivity index (χ3v) is 3.28. The van der Waals surface area contributed by atoms with E-state index in [-0.39, 0.29) is 18.1 Å². The summed E-state index contributed by atoms with van der Waals surface area (Å²) in [5, 5.41) is 7.11. The SMILES string of the molecule is CC(=O)N[C@H]1COC[C@H]1Oc1cnn(-c2ccccc2)c1. The Hall–Kier alpha value is -2.34. The molecule has 6 nitrogen and oxygen atoms in total. The number of hydrogen-bond donors (Lipinski definition) is 1. The van der Waals surface area contributed by atoms with Gasteiger partial charge in [0.15, 0.2) is 5.75 Å². The van der Waals surface area contributed by atoms with E-state index in [9.17, 15) is 4.79 Å². The minimum absolute atomic E-state index is 0.0842. The van der Waals surface area contributed by atoms with Gasteiger partial charge in [0.05, 0.1) is 37.3 Å². The molecule has 1 aliphatic rings. The van der Waals surface area contributed by atoms with Gasteiger partial charge in [0.25, 0.3) is 0 Å². The van der Waals surface area contributed by atoms with Crippen LogP contribution < -0.4 is 10.1 Å². The summed E-state index contributed by atoms with van der Waals surface area (Å²) in [6, 6.07) is 9.68. The Morgan fingerprint density at radius 2 is 2.19 bits per heavy atom. The van der Waals surface area contributed by atoms with Crippen LogP contribution in [0.4, 0.5) is 0 Å². The number of nitrogens with one attached hydrogen (secondary N) is 1. The lowest BCUT2D eigenvalue weighted by Crippen LogP contribution is -2.44. The third kappa shape index (κ3) is 3.22. The van der Waals surface area contributed by atoms with Crippen LogP contribution >= 0.6 is 0 Å². The molecule has 6 heteroatoms. The molecule has 1 aromatic heterocycles. The van der Waals surface area contributed by atoms with Gasteiger partial charge in [0.2, 0.25) is 5.91 Å². The van der Waals surface area contributed by atoms with E-state index in [1.54, 1.807) is 10.9 Å². The maximum atomic E-state index is 11.1. The van der Waals surface area contributed by atoms with Crippen molar-refractivity contribution in [3.8, 4) is 11.4 Å². The summed E-state index contributed by atoms with van der Waals surface area (Å²) in [5.74, 6) is 0.573. The summed E-state index contributed by atoms with van der Waals surface area (Å²) in [6.45, 7) is 2.42. The minimum atomic E-state index is -0.192. The maximum Gasteiger partial charge on any atom is 0.217 e. The number of nitrogens with zero attached hydrogens (tertiary/aromatic N) is 2. The lowest BCUT2D eigenvalue weighted by Gasteiger charge is -2.18. The molecule has 0 unspecified atom stereocenters. The third-order valence-electron chi connectivity index (χ3n) is 3.28. The zero-order valence-electron chi connectivity index (χ0n) is 11.7. The largest absolute Gasteiger partial charge is 0.482 e. The quantitative estimate of drug-likeness (QED) is 0.916. The molecule has 2 atom stereocenters. The molecular formula is C15H17N3O3. The van der Waals surface area contributed by atoms with Gasteiger partial charge in [-0.25, -0.2) is 4.68 Å². The second-order valence-electron chi connectivity index (χ2n) is 4.96. The number of para-hydroxylation sites is 1. The lowest BCUT2D eigenvalue weighted by molar-refractivity contribution is -0.120. The van der Waals surface area contributed by atoms with Gasteiger partial charge >= 0.3 is 0 Å². The van der Waals surface area contributed by atoms with Crippen molar-refractivity contribution in [2.45, 2.75) is 19.1 Å². The topological polar surface area (TPSA) is 65.4 Å². The van der Waals surface area contributed by atoms with E-state index < -0.39 is 0 Å². The number of amides is 1. The molecule has 3 rings (SSSR count). The fourth-order valence-electron chi connectivity index (χ4n) is 2.31. The Labute approximate surface area is 122 Å². The smallest absolute Gasteiger partial charge is 0.217 e. The molecule has 1 saturated heterocycles. The summed E-state index contributed by atoms with van der Waals surface area (Å²) in [6.07, 6.45) is 3.29. The van der Waals surface area contributed by atoms with Crippen molar-refractivity contribution in [3.63, 3.8) is 0 Å². The second kappa shape index (κ2) is 5.97. The van der Waals surface area contributed by atoms with Crippen LogP contribution in [0.2, 0.25) is 0 Å². The van der Waals surface area contributed by atoms with Gasteiger partial charge in [-0.3, -0.25) is 4.79 Å². The highest BCUT2D eigenvalue weighted by Gasteiger charge is 2.31. The van der Waals surface area contributed by atoms with Crippen LogP contribution in [0.3, 0.4) is 0 Å². The van der Waals surface area contributed by atoms with Crippen LogP contribution in [0.15, 0.2) is 42.7 Å². The van der Waals surface area contributed by atoms with Crippen LogP contribution in [0, 0.1) is 0 Å². The molecular weight excluding hydrogens is 270 g/mol. The van der Waals surface area contributed by atoms with Gasteiger partial charge in [0.1, 0.15) is 6.10 Å². The Kier molecular flexibility index (Phi) is 3.87. The first-order chi connectivity index (χ1) is 10.2. The Balaban J connectivity index is 1.68. The molecule has 0 aliphatic carbocycles. The molecule has 0 bridgehead atoms. The standard InChI is InChI=1S/C15H17N3O3/c1-11(19)17-14-9-20-10-15(14)21-13-7-16-18(8-13)12-5-3-2-4-6-12/h2-8,14-15H,9-10H2,1H3,(H,17,19)/t14-,15+/m0/s1. The Morgan fingerprint density at radius 1 is 1.38 bits per heavy atom. The fourth-order valence-corrected chi connectivity index (χ4v) is 2.31. The number of rotatable bonds is 4. The molecule has 2 aromatic rings. The van der Waals surface area contributed by atoms with Crippen LogP contribution in [-0.2, 0) is 9.53 Å². The molecule has 2 heterocycles. The molecule has 1 aromatic carbocycles. The van der Waals surface area contributed by atoms with E-state index in [2.05, 4.69) is 10.4 Å². The van der Waals surface area contributed by atoms with E-state index in [1.807, 2.05) is 36.5 Å². The molecule has 1 aliphatic heterocycles. The summed E-state index contributed by atoms with van der Waals surface area (Å²) in [7, 11) is 0. The predicted molar refractivity (Wildman–Crippen MR) is 76.4 cm³/mol. The molecule has 0 saturated carbocycles. The Morgan fingerprint density at radius 3 is 2.95 bits per heavy atom. The molecule has 1 fully saturated rings. The van der Waals surface area contributed by atoms with Crippen LogP contribution in [-0.4, -0.2) is 41.0 Å². The van der Waals surface area contributed by atoms with E-state index in [1.165, 1.54) is 6.92 Å². The zero-order chi connectivity index (χ0) is 14.7. The first kappa shape index (κ1) is 13.6. The molecule has 110 valence electrons. The van der Waals surface area contributed by atoms with Crippen molar-refractivity contribution in [2.24, 2.45) is 0 Å². The van der Waals surface area contributed by atoms with Crippen molar-refractivity contribution < 1.29 is 14.3 Å². The molecule has 0 spiro atoms. The molecule has 1 N–H and O–H groups in total. The van der Waals surface area contributed by atoms with Crippen molar-refractivity contribution in [1.29, 1.82) is 0 Å². The van der Waals surface area contributed by atoms with Crippen molar-refractivity contribution >= 4 is 5.91 Å². The normalized spacial score (nSPS) is 21.2. The number of benzene rings is 1. The van der Waals surface area contributed by atoms with Gasteiger partial charge < -0.3 is 14.8 Å². The fraction of sp³-hybridized carbons (Fsp3) is 0.333. The molecule has 1 amide bonds. The number of aromatic nitrogens is 2. The van der Waals surface area contributed by atoms with Gasteiger partial charge in [-0.15, -0.1) is 0 Å². The highest BCUT2D eigenvalue weighted by atomic mass is 16.5. The van der Waals surface area contributed by atoms with Gasteiger partial charge in [-0.05, 0) is 12.1 Å². The summed E-state index contributed by atoms with van der Waals surface area (Å²) >= 11 is 0. The average molecular weight is 287 g/mol. The highest BCUT2D eigenvalue weighted by molar-refractivity contribution is 5.73. The monoisotopic (exact) mass is 287 g/mol. The van der Waals surface area contributed by atoms with Crippen molar-refractivity contribution in [2.75, 3.05) is 13.2 Å². The second-order valence-corrected chi connectivity index (χ2v) is 4.96. The van der Waals surface area contributed by atoms with E-state index in [4.69, 9.17) is 9.47 Å². The van der Waals surface area contributed by atoms with Crippen LogP contribution in [0.5, 0.6) is 5.75 Å². The number of hydrogen-bond acceptors (Lipinski definition) is 4.